The van der Waals surface area contributed by atoms with Gasteiger partial charge in [0.25, 0.3) is 0 Å². The average Bonchev–Trinajstić information content (AvgIpc) is 2.53. The van der Waals surface area contributed by atoms with Gasteiger partial charge in [-0.3, -0.25) is 9.59 Å². The molecular formula is C17H18O4. The molecule has 1 atom stereocenters. The maximum atomic E-state index is 12.5. The molecule has 0 saturated carbocycles. The lowest BCUT2D eigenvalue weighted by molar-refractivity contribution is -0.124. The molecular weight excluding hydrogens is 268 g/mol. The lowest BCUT2D eigenvalue weighted by Crippen LogP contribution is -2.32. The number of rotatable bonds is 4. The first kappa shape index (κ1) is 14.0. The Kier molecular flexibility index (Phi) is 3.88. The van der Waals surface area contributed by atoms with Crippen LogP contribution in [0, 0.1) is 0 Å². The summed E-state index contributed by atoms with van der Waals surface area (Å²) in [6.45, 7) is 2.70. The summed E-state index contributed by atoms with van der Waals surface area (Å²) < 4.78 is 11.3. The van der Waals surface area contributed by atoms with Crippen molar-refractivity contribution in [1.82, 2.24) is 0 Å². The zero-order chi connectivity index (χ0) is 14.8. The molecule has 0 saturated heterocycles. The number of hydrogen-bond donors (Lipinski definition) is 0. The van der Waals surface area contributed by atoms with E-state index < -0.39 is 6.29 Å². The van der Waals surface area contributed by atoms with Crippen LogP contribution in [0.1, 0.15) is 53.3 Å². The zero-order valence-electron chi connectivity index (χ0n) is 12.1. The van der Waals surface area contributed by atoms with Crippen LogP contribution in [0.4, 0.5) is 0 Å². The molecule has 4 heteroatoms. The van der Waals surface area contributed by atoms with Gasteiger partial charge in [-0.15, -0.1) is 0 Å². The van der Waals surface area contributed by atoms with Crippen LogP contribution in [0.5, 0.6) is 0 Å². The van der Waals surface area contributed by atoms with Crippen LogP contribution >= 0.6 is 0 Å². The Morgan fingerprint density at radius 2 is 1.90 bits per heavy atom. The van der Waals surface area contributed by atoms with E-state index in [1.165, 1.54) is 0 Å². The zero-order valence-corrected chi connectivity index (χ0v) is 12.1. The van der Waals surface area contributed by atoms with Gasteiger partial charge >= 0.3 is 0 Å². The fourth-order valence-electron chi connectivity index (χ4n) is 2.68. The van der Waals surface area contributed by atoms with Gasteiger partial charge in [0.15, 0.2) is 17.8 Å². The van der Waals surface area contributed by atoms with Crippen molar-refractivity contribution in [3.05, 3.63) is 46.7 Å². The van der Waals surface area contributed by atoms with Crippen LogP contribution in [0.15, 0.2) is 35.6 Å². The minimum absolute atomic E-state index is 0.0905. The minimum Gasteiger partial charge on any atom is -0.460 e. The minimum atomic E-state index is -0.419. The highest BCUT2D eigenvalue weighted by molar-refractivity contribution is 6.26. The Bertz CT molecular complexity index is 615. The van der Waals surface area contributed by atoms with Gasteiger partial charge in [-0.25, -0.2) is 0 Å². The Labute approximate surface area is 123 Å². The summed E-state index contributed by atoms with van der Waals surface area (Å²) in [4.78, 5) is 24.9. The van der Waals surface area contributed by atoms with Gasteiger partial charge in [0.1, 0.15) is 0 Å². The van der Waals surface area contributed by atoms with E-state index in [4.69, 9.17) is 9.47 Å². The Morgan fingerprint density at radius 3 is 2.62 bits per heavy atom. The third-order valence-corrected chi connectivity index (χ3v) is 3.85. The van der Waals surface area contributed by atoms with Gasteiger partial charge in [-0.2, -0.15) is 0 Å². The predicted molar refractivity (Wildman–Crippen MR) is 77.1 cm³/mol. The third kappa shape index (κ3) is 2.51. The van der Waals surface area contributed by atoms with Crippen LogP contribution in [-0.2, 0) is 9.47 Å². The highest BCUT2D eigenvalue weighted by Crippen LogP contribution is 2.34. The molecule has 0 fully saturated rings. The number of ketones is 2. The van der Waals surface area contributed by atoms with Crippen LogP contribution < -0.4 is 0 Å². The molecule has 0 N–H and O–H groups in total. The van der Waals surface area contributed by atoms with Gasteiger partial charge in [-0.05, 0) is 12.8 Å². The maximum absolute atomic E-state index is 12.5. The molecule has 1 heterocycles. The molecule has 0 unspecified atom stereocenters. The van der Waals surface area contributed by atoms with Crippen molar-refractivity contribution in [3.63, 3.8) is 0 Å². The molecule has 2 aliphatic rings. The third-order valence-electron chi connectivity index (χ3n) is 3.85. The summed E-state index contributed by atoms with van der Waals surface area (Å²) in [5.74, 6) is -0.109. The van der Waals surface area contributed by atoms with Crippen molar-refractivity contribution in [3.8, 4) is 0 Å². The van der Waals surface area contributed by atoms with Crippen LogP contribution in [0.2, 0.25) is 0 Å². The van der Waals surface area contributed by atoms with Crippen molar-refractivity contribution in [2.45, 2.75) is 38.9 Å². The predicted octanol–water partition coefficient (Wildman–Crippen LogP) is 3.27. The Hall–Kier alpha value is -1.94. The van der Waals surface area contributed by atoms with E-state index in [0.29, 0.717) is 36.1 Å². The van der Waals surface area contributed by atoms with Crippen LogP contribution in [0.3, 0.4) is 0 Å². The number of Topliss-reactive ketones (excluding diaryl/α,β-unsaturated/α-hetero) is 2. The maximum Gasteiger partial charge on any atom is 0.228 e. The van der Waals surface area contributed by atoms with E-state index in [0.717, 1.165) is 12.8 Å². The molecule has 3 rings (SSSR count). The molecule has 0 aromatic heterocycles. The fraction of sp³-hybridized carbons (Fsp3) is 0.412. The fourth-order valence-corrected chi connectivity index (χ4v) is 2.68. The van der Waals surface area contributed by atoms with Crippen molar-refractivity contribution in [2.75, 3.05) is 6.61 Å². The summed E-state index contributed by atoms with van der Waals surface area (Å²) in [5.41, 5.74) is 1.40. The van der Waals surface area contributed by atoms with Gasteiger partial charge in [0.05, 0.1) is 6.61 Å². The largest absolute Gasteiger partial charge is 0.460 e. The van der Waals surface area contributed by atoms with E-state index in [1.807, 2.05) is 0 Å². The van der Waals surface area contributed by atoms with E-state index >= 15 is 0 Å². The normalized spacial score (nSPS) is 20.9. The SMILES string of the molecule is CCCCO[C@H]1CCC2=C(O1)C(=O)c1ccccc1C2=O. The molecule has 0 spiro atoms. The second-order valence-electron chi connectivity index (χ2n) is 5.32. The molecule has 0 amide bonds. The highest BCUT2D eigenvalue weighted by atomic mass is 16.7. The van der Waals surface area contributed by atoms with E-state index in [2.05, 4.69) is 6.92 Å². The number of carbonyl (C=O) groups excluding carboxylic acids is 2. The quantitative estimate of drug-likeness (QED) is 0.797. The van der Waals surface area contributed by atoms with Crippen molar-refractivity contribution in [1.29, 1.82) is 0 Å². The molecule has 1 aromatic rings. The molecule has 1 aromatic carbocycles. The van der Waals surface area contributed by atoms with Crippen molar-refractivity contribution in [2.24, 2.45) is 0 Å². The number of carbonyl (C=O) groups is 2. The van der Waals surface area contributed by atoms with E-state index in [1.54, 1.807) is 24.3 Å². The molecule has 1 aliphatic carbocycles. The second kappa shape index (κ2) is 5.82. The first-order chi connectivity index (χ1) is 10.2. The number of hydrogen-bond acceptors (Lipinski definition) is 4. The average molecular weight is 286 g/mol. The molecule has 21 heavy (non-hydrogen) atoms. The molecule has 1 aliphatic heterocycles. The topological polar surface area (TPSA) is 52.6 Å². The monoisotopic (exact) mass is 286 g/mol. The first-order valence-electron chi connectivity index (χ1n) is 7.42. The van der Waals surface area contributed by atoms with Crippen LogP contribution in [-0.4, -0.2) is 24.5 Å². The number of ether oxygens (including phenoxy) is 2. The summed E-state index contributed by atoms with van der Waals surface area (Å²) in [6.07, 6.45) is 2.74. The van der Waals surface area contributed by atoms with Gasteiger partial charge in [-0.1, -0.05) is 37.6 Å². The summed E-state index contributed by atoms with van der Waals surface area (Å²) in [6, 6.07) is 6.90. The van der Waals surface area contributed by atoms with Crippen molar-refractivity contribution < 1.29 is 19.1 Å². The van der Waals surface area contributed by atoms with Gasteiger partial charge < -0.3 is 9.47 Å². The number of benzene rings is 1. The molecule has 0 bridgehead atoms. The number of allylic oxidation sites excluding steroid dienone is 2. The highest BCUT2D eigenvalue weighted by Gasteiger charge is 2.37. The Morgan fingerprint density at radius 1 is 1.19 bits per heavy atom. The lowest BCUT2D eigenvalue weighted by Gasteiger charge is -2.30. The number of fused-ring (bicyclic) bond motifs is 1. The molecule has 4 nitrogen and oxygen atoms in total. The summed E-state index contributed by atoms with van der Waals surface area (Å²) in [7, 11) is 0. The van der Waals surface area contributed by atoms with Gasteiger partial charge in [0.2, 0.25) is 5.78 Å². The lowest BCUT2D eigenvalue weighted by atomic mass is 9.85. The molecule has 110 valence electrons. The van der Waals surface area contributed by atoms with E-state index in [9.17, 15) is 9.59 Å². The summed E-state index contributed by atoms with van der Waals surface area (Å²) in [5, 5.41) is 0. The number of unbranched alkanes of at least 4 members (excludes halogenated alkanes) is 1. The first-order valence-corrected chi connectivity index (χ1v) is 7.42. The Balaban J connectivity index is 1.83. The van der Waals surface area contributed by atoms with Gasteiger partial charge in [0, 0.05) is 23.1 Å². The van der Waals surface area contributed by atoms with E-state index in [-0.39, 0.29) is 17.3 Å². The van der Waals surface area contributed by atoms with Crippen molar-refractivity contribution >= 4 is 11.6 Å². The standard InChI is InChI=1S/C17H18O4/c1-2-3-10-20-14-9-8-13-15(18)11-6-4-5-7-12(11)16(19)17(13)21-14/h4-7,14H,2-3,8-10H2,1H3/t14-/m1/s1. The smallest absolute Gasteiger partial charge is 0.228 e. The van der Waals surface area contributed by atoms with Crippen LogP contribution in [0.25, 0.3) is 0 Å². The second-order valence-corrected chi connectivity index (χ2v) is 5.32. The molecule has 0 radical (unpaired) electrons. The summed E-state index contributed by atoms with van der Waals surface area (Å²) >= 11 is 0.